The molecule has 0 amide bonds. The first-order valence-electron chi connectivity index (χ1n) is 18.5. The predicted molar refractivity (Wildman–Crippen MR) is 233 cm³/mol. The Labute approximate surface area is 314 Å². The van der Waals surface area contributed by atoms with Gasteiger partial charge in [-0.25, -0.2) is 0 Å². The number of thiophene rings is 1. The molecular formula is C52H30OS. The van der Waals surface area contributed by atoms with Crippen molar-refractivity contribution in [2.45, 2.75) is 0 Å². The number of rotatable bonds is 3. The zero-order valence-electron chi connectivity index (χ0n) is 29.1. The number of fused-ring (bicyclic) bond motifs is 12. The van der Waals surface area contributed by atoms with Crippen LogP contribution in [0.4, 0.5) is 0 Å². The molecule has 0 saturated carbocycles. The van der Waals surface area contributed by atoms with Gasteiger partial charge in [0.15, 0.2) is 0 Å². The minimum Gasteiger partial charge on any atom is -0.455 e. The molecule has 0 fully saturated rings. The second-order valence-electron chi connectivity index (χ2n) is 14.4. The molecule has 0 aliphatic rings. The molecule has 0 aliphatic heterocycles. The third-order valence-corrected chi connectivity index (χ3v) is 12.6. The maximum absolute atomic E-state index is 6.54. The van der Waals surface area contributed by atoms with E-state index < -0.39 is 0 Å². The van der Waals surface area contributed by atoms with Gasteiger partial charge in [0.2, 0.25) is 0 Å². The number of furan rings is 1. The van der Waals surface area contributed by atoms with Gasteiger partial charge in [-0.05, 0) is 101 Å². The van der Waals surface area contributed by atoms with Crippen molar-refractivity contribution in [3.05, 3.63) is 182 Å². The third-order valence-electron chi connectivity index (χ3n) is 11.4. The lowest BCUT2D eigenvalue weighted by atomic mass is 9.85. The van der Waals surface area contributed by atoms with Gasteiger partial charge < -0.3 is 4.42 Å². The van der Waals surface area contributed by atoms with Crippen molar-refractivity contribution in [3.63, 3.8) is 0 Å². The molecule has 10 aromatic carbocycles. The van der Waals surface area contributed by atoms with Crippen LogP contribution < -0.4 is 0 Å². The number of para-hydroxylation sites is 1. The molecule has 54 heavy (non-hydrogen) atoms. The summed E-state index contributed by atoms with van der Waals surface area (Å²) < 4.78 is 9.10. The fourth-order valence-corrected chi connectivity index (χ4v) is 10.1. The molecule has 0 radical (unpaired) electrons. The molecule has 0 unspecified atom stereocenters. The maximum atomic E-state index is 6.54. The van der Waals surface area contributed by atoms with E-state index in [2.05, 4.69) is 176 Å². The summed E-state index contributed by atoms with van der Waals surface area (Å²) >= 11 is 1.86. The molecule has 0 bridgehead atoms. The van der Waals surface area contributed by atoms with Gasteiger partial charge >= 0.3 is 0 Å². The van der Waals surface area contributed by atoms with Crippen LogP contribution in [0.1, 0.15) is 0 Å². The summed E-state index contributed by atoms with van der Waals surface area (Å²) in [7, 11) is 0. The topological polar surface area (TPSA) is 13.1 Å². The number of hydrogen-bond acceptors (Lipinski definition) is 2. The molecule has 12 rings (SSSR count). The highest BCUT2D eigenvalue weighted by Gasteiger charge is 2.19. The van der Waals surface area contributed by atoms with Crippen LogP contribution in [-0.2, 0) is 0 Å². The minimum atomic E-state index is 0.934. The molecular weight excluding hydrogens is 673 g/mol. The van der Waals surface area contributed by atoms with Crippen molar-refractivity contribution < 1.29 is 4.42 Å². The number of hydrogen-bond donors (Lipinski definition) is 0. The Morgan fingerprint density at radius 1 is 0.315 bits per heavy atom. The molecule has 250 valence electrons. The summed E-state index contributed by atoms with van der Waals surface area (Å²) in [5.74, 6) is 0. The second kappa shape index (κ2) is 11.4. The quantitative estimate of drug-likeness (QED) is 0.167. The van der Waals surface area contributed by atoms with Crippen LogP contribution in [-0.4, -0.2) is 0 Å². The lowest BCUT2D eigenvalue weighted by molar-refractivity contribution is 0.673. The largest absolute Gasteiger partial charge is 0.455 e. The van der Waals surface area contributed by atoms with Gasteiger partial charge in [0.25, 0.3) is 0 Å². The predicted octanol–water partition coefficient (Wildman–Crippen LogP) is 15.6. The van der Waals surface area contributed by atoms with Crippen LogP contribution in [0, 0.1) is 0 Å². The van der Waals surface area contributed by atoms with E-state index in [1.807, 2.05) is 17.4 Å². The first kappa shape index (κ1) is 29.8. The van der Waals surface area contributed by atoms with E-state index in [1.54, 1.807) is 0 Å². The standard InChI is InChI=1S/C52H30OS/c1-2-10-35-29-37(22-19-31(35)9-1)49-41-14-5-3-12-39(41)48(40-13-4-6-15-42(40)49)33-20-17-32(18-21-33)36-24-27-44-47(30-36)54-46-28-25-34-23-26-43-38-11-7-8-16-45(38)53-52(43)50(34)51(44)46/h1-30H. The van der Waals surface area contributed by atoms with Crippen molar-refractivity contribution >= 4 is 96.5 Å². The summed E-state index contributed by atoms with van der Waals surface area (Å²) in [6, 6.07) is 66.8. The average Bonchev–Trinajstić information content (AvgIpc) is 3.81. The zero-order chi connectivity index (χ0) is 35.3. The fourth-order valence-electron chi connectivity index (χ4n) is 8.96. The monoisotopic (exact) mass is 702 g/mol. The Kier molecular flexibility index (Phi) is 6.28. The molecule has 1 nitrogen and oxygen atoms in total. The summed E-state index contributed by atoms with van der Waals surface area (Å²) in [5, 5.41) is 14.9. The average molecular weight is 703 g/mol. The molecule has 2 heterocycles. The van der Waals surface area contributed by atoms with Gasteiger partial charge in [0.1, 0.15) is 11.2 Å². The van der Waals surface area contributed by atoms with E-state index in [9.17, 15) is 0 Å². The highest BCUT2D eigenvalue weighted by atomic mass is 32.1. The SMILES string of the molecule is c1ccc2cc(-c3c4ccccc4c(-c4ccc(-c5ccc6c(c5)sc5ccc7ccc8c9ccccc9oc8c7c56)cc4)c4ccccc34)ccc2c1. The van der Waals surface area contributed by atoms with E-state index >= 15 is 0 Å². The fraction of sp³-hybridized carbons (Fsp3) is 0. The highest BCUT2D eigenvalue weighted by molar-refractivity contribution is 7.26. The molecule has 2 heteroatoms. The number of benzene rings is 10. The minimum absolute atomic E-state index is 0.934. The first-order chi connectivity index (χ1) is 26.8. The van der Waals surface area contributed by atoms with Crippen molar-refractivity contribution in [2.75, 3.05) is 0 Å². The maximum Gasteiger partial charge on any atom is 0.143 e. The summed E-state index contributed by atoms with van der Waals surface area (Å²) in [5.41, 5.74) is 9.38. The third kappa shape index (κ3) is 4.32. The van der Waals surface area contributed by atoms with Crippen LogP contribution in [0.2, 0.25) is 0 Å². The summed E-state index contributed by atoms with van der Waals surface area (Å²) in [4.78, 5) is 0. The summed E-state index contributed by atoms with van der Waals surface area (Å²) in [6.45, 7) is 0. The second-order valence-corrected chi connectivity index (χ2v) is 15.5. The Bertz CT molecular complexity index is 3430. The Morgan fingerprint density at radius 3 is 1.63 bits per heavy atom. The van der Waals surface area contributed by atoms with Crippen LogP contribution in [0.25, 0.3) is 119 Å². The van der Waals surface area contributed by atoms with Gasteiger partial charge in [0, 0.05) is 36.3 Å². The van der Waals surface area contributed by atoms with E-state index in [1.165, 1.54) is 107 Å². The molecule has 0 N–H and O–H groups in total. The van der Waals surface area contributed by atoms with Crippen LogP contribution in [0.15, 0.2) is 186 Å². The Morgan fingerprint density at radius 2 is 0.870 bits per heavy atom. The molecule has 0 aliphatic carbocycles. The van der Waals surface area contributed by atoms with Gasteiger partial charge in [-0.2, -0.15) is 0 Å². The van der Waals surface area contributed by atoms with Crippen molar-refractivity contribution in [2.24, 2.45) is 0 Å². The van der Waals surface area contributed by atoms with E-state index in [0.717, 1.165) is 11.2 Å². The smallest absolute Gasteiger partial charge is 0.143 e. The van der Waals surface area contributed by atoms with Gasteiger partial charge in [0.05, 0.1) is 0 Å². The molecule has 2 aromatic heterocycles. The molecule has 0 saturated heterocycles. The Hall–Kier alpha value is -6.74. The Balaban J connectivity index is 0.996. The van der Waals surface area contributed by atoms with Crippen LogP contribution >= 0.6 is 11.3 Å². The normalized spacial score (nSPS) is 12.1. The van der Waals surface area contributed by atoms with Crippen molar-refractivity contribution in [3.8, 4) is 33.4 Å². The zero-order valence-corrected chi connectivity index (χ0v) is 30.0. The van der Waals surface area contributed by atoms with E-state index in [0.29, 0.717) is 0 Å². The van der Waals surface area contributed by atoms with Crippen LogP contribution in [0.5, 0.6) is 0 Å². The van der Waals surface area contributed by atoms with E-state index in [4.69, 9.17) is 4.42 Å². The van der Waals surface area contributed by atoms with E-state index in [-0.39, 0.29) is 0 Å². The van der Waals surface area contributed by atoms with Crippen LogP contribution in [0.3, 0.4) is 0 Å². The lowest BCUT2D eigenvalue weighted by Crippen LogP contribution is -1.91. The molecule has 12 aromatic rings. The highest BCUT2D eigenvalue weighted by Crippen LogP contribution is 2.46. The lowest BCUT2D eigenvalue weighted by Gasteiger charge is -2.18. The van der Waals surface area contributed by atoms with Gasteiger partial charge in [-0.3, -0.25) is 0 Å². The van der Waals surface area contributed by atoms with Crippen molar-refractivity contribution in [1.82, 2.24) is 0 Å². The molecule has 0 atom stereocenters. The van der Waals surface area contributed by atoms with Gasteiger partial charge in [-0.15, -0.1) is 11.3 Å². The first-order valence-corrected chi connectivity index (χ1v) is 19.3. The van der Waals surface area contributed by atoms with Crippen molar-refractivity contribution in [1.29, 1.82) is 0 Å². The summed E-state index contributed by atoms with van der Waals surface area (Å²) in [6.07, 6.45) is 0. The molecule has 0 spiro atoms. The van der Waals surface area contributed by atoms with Gasteiger partial charge in [-0.1, -0.05) is 152 Å².